The summed E-state index contributed by atoms with van der Waals surface area (Å²) in [4.78, 5) is 0. The van der Waals surface area contributed by atoms with Crippen LogP contribution in [0.4, 0.5) is 0 Å². The van der Waals surface area contributed by atoms with Crippen LogP contribution in [0.25, 0.3) is 0 Å². The van der Waals surface area contributed by atoms with Gasteiger partial charge in [-0.2, -0.15) is 0 Å². The molecule has 0 heterocycles. The predicted octanol–water partition coefficient (Wildman–Crippen LogP) is 4.51. The summed E-state index contributed by atoms with van der Waals surface area (Å²) in [6, 6.07) is 12.0. The van der Waals surface area contributed by atoms with E-state index in [9.17, 15) is 8.42 Å². The molecule has 22 heavy (non-hydrogen) atoms. The highest BCUT2D eigenvalue weighted by Gasteiger charge is 2.16. The highest BCUT2D eigenvalue weighted by Crippen LogP contribution is 2.25. The SMILES string of the molecule is CCOc1ccccc1CS(=O)(=O)Cc1ccc(Cl)c(Cl)c1. The van der Waals surface area contributed by atoms with Gasteiger partial charge in [-0.15, -0.1) is 0 Å². The van der Waals surface area contributed by atoms with Crippen molar-refractivity contribution in [1.82, 2.24) is 0 Å². The molecule has 2 rings (SSSR count). The number of halogens is 2. The number of benzene rings is 2. The van der Waals surface area contributed by atoms with E-state index in [1.54, 1.807) is 36.4 Å². The molecule has 0 radical (unpaired) electrons. The summed E-state index contributed by atoms with van der Waals surface area (Å²) in [6.07, 6.45) is 0. The van der Waals surface area contributed by atoms with Crippen LogP contribution in [0.15, 0.2) is 42.5 Å². The van der Waals surface area contributed by atoms with Gasteiger partial charge in [0.15, 0.2) is 9.84 Å². The van der Waals surface area contributed by atoms with E-state index in [-0.39, 0.29) is 11.5 Å². The maximum absolute atomic E-state index is 12.4. The second-order valence-electron chi connectivity index (χ2n) is 4.82. The number of sulfone groups is 1. The summed E-state index contributed by atoms with van der Waals surface area (Å²) in [5.74, 6) is 0.427. The quantitative estimate of drug-likeness (QED) is 0.762. The summed E-state index contributed by atoms with van der Waals surface area (Å²) in [6.45, 7) is 2.35. The Labute approximate surface area is 140 Å². The molecule has 0 atom stereocenters. The van der Waals surface area contributed by atoms with Crippen LogP contribution in [0, 0.1) is 0 Å². The van der Waals surface area contributed by atoms with Gasteiger partial charge in [-0.05, 0) is 30.7 Å². The third-order valence-corrected chi connectivity index (χ3v) is 5.28. The van der Waals surface area contributed by atoms with E-state index < -0.39 is 9.84 Å². The molecule has 0 saturated carbocycles. The van der Waals surface area contributed by atoms with Crippen molar-refractivity contribution < 1.29 is 13.2 Å². The topological polar surface area (TPSA) is 43.4 Å². The predicted molar refractivity (Wildman–Crippen MR) is 90.4 cm³/mol. The second-order valence-corrected chi connectivity index (χ2v) is 7.70. The van der Waals surface area contributed by atoms with Crippen LogP contribution in [0.2, 0.25) is 10.0 Å². The molecule has 6 heteroatoms. The molecule has 0 aromatic heterocycles. The van der Waals surface area contributed by atoms with Gasteiger partial charge in [0.2, 0.25) is 0 Å². The minimum Gasteiger partial charge on any atom is -0.494 e. The molecule has 118 valence electrons. The van der Waals surface area contributed by atoms with Crippen molar-refractivity contribution >= 4 is 33.0 Å². The average molecular weight is 359 g/mol. The van der Waals surface area contributed by atoms with Gasteiger partial charge >= 0.3 is 0 Å². The van der Waals surface area contributed by atoms with Crippen molar-refractivity contribution in [3.05, 3.63) is 63.6 Å². The highest BCUT2D eigenvalue weighted by atomic mass is 35.5. The Kier molecular flexibility index (Phi) is 5.73. The molecule has 2 aromatic carbocycles. The number of para-hydroxylation sites is 1. The Balaban J connectivity index is 2.19. The average Bonchev–Trinajstić information content (AvgIpc) is 2.45. The molecule has 0 aliphatic heterocycles. The lowest BCUT2D eigenvalue weighted by atomic mass is 10.2. The van der Waals surface area contributed by atoms with Gasteiger partial charge < -0.3 is 4.74 Å². The fourth-order valence-electron chi connectivity index (χ4n) is 2.09. The van der Waals surface area contributed by atoms with Gasteiger partial charge in [-0.3, -0.25) is 0 Å². The standard InChI is InChI=1S/C16H16Cl2O3S/c1-2-21-16-6-4-3-5-13(16)11-22(19,20)10-12-7-8-14(17)15(18)9-12/h3-9H,2,10-11H2,1H3. The zero-order valence-corrected chi connectivity index (χ0v) is 14.4. The van der Waals surface area contributed by atoms with Crippen molar-refractivity contribution in [3.8, 4) is 5.75 Å². The molecule has 0 aliphatic carbocycles. The Morgan fingerprint density at radius 2 is 1.73 bits per heavy atom. The first-order valence-corrected chi connectivity index (χ1v) is 9.34. The zero-order chi connectivity index (χ0) is 16.2. The van der Waals surface area contributed by atoms with Crippen molar-refractivity contribution in [2.75, 3.05) is 6.61 Å². The Morgan fingerprint density at radius 1 is 1.00 bits per heavy atom. The van der Waals surface area contributed by atoms with Gasteiger partial charge in [0, 0.05) is 5.56 Å². The Bertz CT molecular complexity index is 758. The molecule has 3 nitrogen and oxygen atoms in total. The Morgan fingerprint density at radius 3 is 2.41 bits per heavy atom. The van der Waals surface area contributed by atoms with Crippen LogP contribution in [0.1, 0.15) is 18.1 Å². The van der Waals surface area contributed by atoms with Crippen LogP contribution >= 0.6 is 23.2 Å². The number of ether oxygens (including phenoxy) is 1. The van der Waals surface area contributed by atoms with E-state index in [0.717, 1.165) is 0 Å². The van der Waals surface area contributed by atoms with E-state index in [2.05, 4.69) is 0 Å². The minimum absolute atomic E-state index is 0.0799. The maximum Gasteiger partial charge on any atom is 0.158 e. The molecule has 0 saturated heterocycles. The van der Waals surface area contributed by atoms with Crippen LogP contribution < -0.4 is 4.74 Å². The third-order valence-electron chi connectivity index (χ3n) is 3.02. The van der Waals surface area contributed by atoms with E-state index in [1.165, 1.54) is 0 Å². The van der Waals surface area contributed by atoms with Gasteiger partial charge in [-0.25, -0.2) is 8.42 Å². The molecule has 0 spiro atoms. The monoisotopic (exact) mass is 358 g/mol. The molecule has 2 aromatic rings. The lowest BCUT2D eigenvalue weighted by molar-refractivity contribution is 0.337. The largest absolute Gasteiger partial charge is 0.494 e. The molecule has 0 bridgehead atoms. The molecule has 0 unspecified atom stereocenters. The van der Waals surface area contributed by atoms with Crippen LogP contribution in [0.3, 0.4) is 0 Å². The fourth-order valence-corrected chi connectivity index (χ4v) is 3.91. The smallest absolute Gasteiger partial charge is 0.158 e. The first-order valence-electron chi connectivity index (χ1n) is 6.76. The van der Waals surface area contributed by atoms with E-state index in [4.69, 9.17) is 27.9 Å². The lowest BCUT2D eigenvalue weighted by Gasteiger charge is -2.11. The van der Waals surface area contributed by atoms with E-state index in [1.807, 2.05) is 13.0 Å². The minimum atomic E-state index is -3.34. The van der Waals surface area contributed by atoms with Gasteiger partial charge in [0.1, 0.15) is 5.75 Å². The van der Waals surface area contributed by atoms with Crippen molar-refractivity contribution in [2.24, 2.45) is 0 Å². The third kappa shape index (κ3) is 4.63. The molecular weight excluding hydrogens is 343 g/mol. The lowest BCUT2D eigenvalue weighted by Crippen LogP contribution is -2.09. The molecule has 0 amide bonds. The van der Waals surface area contributed by atoms with E-state index in [0.29, 0.717) is 33.5 Å². The zero-order valence-electron chi connectivity index (χ0n) is 12.1. The summed E-state index contributed by atoms with van der Waals surface area (Å²) in [5, 5.41) is 0.758. The second kappa shape index (κ2) is 7.36. The highest BCUT2D eigenvalue weighted by molar-refractivity contribution is 7.89. The van der Waals surface area contributed by atoms with Crippen LogP contribution in [-0.2, 0) is 21.3 Å². The van der Waals surface area contributed by atoms with Gasteiger partial charge in [-0.1, -0.05) is 47.5 Å². The summed E-state index contributed by atoms with van der Waals surface area (Å²) in [5.41, 5.74) is 1.27. The molecule has 0 aliphatic rings. The maximum atomic E-state index is 12.4. The fraction of sp³-hybridized carbons (Fsp3) is 0.250. The summed E-state index contributed by atoms with van der Waals surface area (Å²) >= 11 is 11.8. The summed E-state index contributed by atoms with van der Waals surface area (Å²) < 4.78 is 30.2. The van der Waals surface area contributed by atoms with Crippen LogP contribution in [0.5, 0.6) is 5.75 Å². The number of hydrogen-bond acceptors (Lipinski definition) is 3. The van der Waals surface area contributed by atoms with Crippen molar-refractivity contribution in [1.29, 1.82) is 0 Å². The van der Waals surface area contributed by atoms with E-state index >= 15 is 0 Å². The number of rotatable bonds is 6. The molecular formula is C16H16Cl2O3S. The summed E-state index contributed by atoms with van der Waals surface area (Å²) in [7, 11) is -3.34. The van der Waals surface area contributed by atoms with Crippen LogP contribution in [-0.4, -0.2) is 15.0 Å². The van der Waals surface area contributed by atoms with Gasteiger partial charge in [0.25, 0.3) is 0 Å². The Hall–Kier alpha value is -1.23. The van der Waals surface area contributed by atoms with Crippen molar-refractivity contribution in [3.63, 3.8) is 0 Å². The number of hydrogen-bond donors (Lipinski definition) is 0. The first kappa shape index (κ1) is 17.1. The molecule has 0 N–H and O–H groups in total. The molecule has 0 fully saturated rings. The van der Waals surface area contributed by atoms with Gasteiger partial charge in [0.05, 0.1) is 28.2 Å². The first-order chi connectivity index (χ1) is 10.4. The normalized spacial score (nSPS) is 11.4. The van der Waals surface area contributed by atoms with Crippen molar-refractivity contribution in [2.45, 2.75) is 18.4 Å².